The number of carbonyl (C=O) groups excluding carboxylic acids is 1. The fourth-order valence-electron chi connectivity index (χ4n) is 3.17. The summed E-state index contributed by atoms with van der Waals surface area (Å²) >= 11 is 6.21. The lowest BCUT2D eigenvalue weighted by atomic mass is 10.2. The van der Waals surface area contributed by atoms with Gasteiger partial charge in [0.15, 0.2) is 0 Å². The van der Waals surface area contributed by atoms with Crippen LogP contribution in [0, 0.1) is 10.1 Å². The first kappa shape index (κ1) is 22.0. The number of nitro benzene ring substituents is 1. The van der Waals surface area contributed by atoms with Crippen LogP contribution in [0.4, 0.5) is 11.4 Å². The van der Waals surface area contributed by atoms with Crippen molar-refractivity contribution in [2.24, 2.45) is 0 Å². The fraction of sp³-hybridized carbons (Fsp3) is 0.316. The van der Waals surface area contributed by atoms with Gasteiger partial charge in [0.1, 0.15) is 0 Å². The summed E-state index contributed by atoms with van der Waals surface area (Å²) in [5.41, 5.74) is 0.989. The van der Waals surface area contributed by atoms with Crippen LogP contribution in [0.1, 0.15) is 10.4 Å². The van der Waals surface area contributed by atoms with Crippen LogP contribution < -0.4 is 10.2 Å². The van der Waals surface area contributed by atoms with Crippen LogP contribution in [0.3, 0.4) is 0 Å². The second-order valence-corrected chi connectivity index (χ2v) is 9.21. The van der Waals surface area contributed by atoms with Crippen molar-refractivity contribution in [3.05, 3.63) is 69.2 Å². The number of benzene rings is 2. The zero-order valence-electron chi connectivity index (χ0n) is 16.0. The summed E-state index contributed by atoms with van der Waals surface area (Å²) in [6.07, 6.45) is 0. The Labute approximate surface area is 179 Å². The van der Waals surface area contributed by atoms with Gasteiger partial charge in [-0.25, -0.2) is 8.42 Å². The number of sulfonamides is 1. The summed E-state index contributed by atoms with van der Waals surface area (Å²) in [6, 6.07) is 12.5. The van der Waals surface area contributed by atoms with E-state index in [1.807, 2.05) is 23.1 Å². The smallest absolute Gasteiger partial charge is 0.269 e. The number of amides is 1. The minimum atomic E-state index is -3.53. The number of halogens is 1. The molecular formula is C19H21ClN4O5S. The quantitative estimate of drug-likeness (QED) is 0.508. The van der Waals surface area contributed by atoms with Gasteiger partial charge in [-0.05, 0) is 24.3 Å². The average Bonchev–Trinajstić information content (AvgIpc) is 2.74. The first-order chi connectivity index (χ1) is 14.3. The van der Waals surface area contributed by atoms with Crippen LogP contribution in [0.2, 0.25) is 5.02 Å². The molecule has 0 bridgehead atoms. The van der Waals surface area contributed by atoms with E-state index < -0.39 is 20.9 Å². The van der Waals surface area contributed by atoms with E-state index in [9.17, 15) is 23.3 Å². The Morgan fingerprint density at radius 2 is 1.70 bits per heavy atom. The van der Waals surface area contributed by atoms with E-state index in [0.717, 1.165) is 5.69 Å². The summed E-state index contributed by atoms with van der Waals surface area (Å²) in [5, 5.41) is 13.8. The van der Waals surface area contributed by atoms with E-state index in [4.69, 9.17) is 11.6 Å². The molecule has 30 heavy (non-hydrogen) atoms. The van der Waals surface area contributed by atoms with E-state index in [1.54, 1.807) is 6.07 Å². The molecule has 0 radical (unpaired) electrons. The molecule has 2 aromatic rings. The topological polar surface area (TPSA) is 113 Å². The summed E-state index contributed by atoms with van der Waals surface area (Å²) in [5.74, 6) is -0.707. The predicted molar refractivity (Wildman–Crippen MR) is 114 cm³/mol. The van der Waals surface area contributed by atoms with Crippen LogP contribution in [-0.4, -0.2) is 62.0 Å². The molecule has 1 N–H and O–H groups in total. The molecule has 1 aliphatic heterocycles. The van der Waals surface area contributed by atoms with Gasteiger partial charge in [-0.1, -0.05) is 23.7 Å². The van der Waals surface area contributed by atoms with Crippen molar-refractivity contribution in [2.45, 2.75) is 0 Å². The molecule has 0 aromatic heterocycles. The van der Waals surface area contributed by atoms with E-state index in [1.165, 1.54) is 28.6 Å². The molecule has 0 atom stereocenters. The molecule has 1 saturated heterocycles. The van der Waals surface area contributed by atoms with Gasteiger partial charge in [-0.2, -0.15) is 4.31 Å². The molecule has 3 rings (SSSR count). The van der Waals surface area contributed by atoms with E-state index in [2.05, 4.69) is 5.32 Å². The van der Waals surface area contributed by atoms with Crippen LogP contribution in [-0.2, 0) is 10.0 Å². The van der Waals surface area contributed by atoms with Crippen LogP contribution in [0.25, 0.3) is 0 Å². The number of para-hydroxylation sites is 1. The lowest BCUT2D eigenvalue weighted by Crippen LogP contribution is -2.50. The number of anilines is 1. The molecule has 160 valence electrons. The van der Waals surface area contributed by atoms with Crippen LogP contribution >= 0.6 is 11.6 Å². The molecule has 0 spiro atoms. The van der Waals surface area contributed by atoms with Gasteiger partial charge in [0.05, 0.1) is 21.4 Å². The molecule has 1 heterocycles. The predicted octanol–water partition coefficient (Wildman–Crippen LogP) is 2.13. The second kappa shape index (κ2) is 9.41. The van der Waals surface area contributed by atoms with Crippen molar-refractivity contribution in [2.75, 3.05) is 43.4 Å². The largest absolute Gasteiger partial charge is 0.368 e. The maximum atomic E-state index is 12.6. The van der Waals surface area contributed by atoms with Gasteiger partial charge >= 0.3 is 0 Å². The molecule has 1 aliphatic rings. The Balaban J connectivity index is 1.49. The third-order valence-electron chi connectivity index (χ3n) is 4.81. The Morgan fingerprint density at radius 3 is 2.30 bits per heavy atom. The molecule has 2 aromatic carbocycles. The standard InChI is InChI=1S/C19H21ClN4O5S/c20-17-3-1-2-4-18(17)22-10-12-23(13-11-22)30(28,29)14-9-21-19(25)15-5-7-16(8-6-15)24(26)27/h1-8H,9-14H2,(H,21,25). The first-order valence-electron chi connectivity index (χ1n) is 9.28. The summed E-state index contributed by atoms with van der Waals surface area (Å²) in [4.78, 5) is 24.3. The number of carbonyl (C=O) groups is 1. The summed E-state index contributed by atoms with van der Waals surface area (Å²) < 4.78 is 26.6. The second-order valence-electron chi connectivity index (χ2n) is 6.71. The number of nitro groups is 1. The van der Waals surface area contributed by atoms with E-state index >= 15 is 0 Å². The summed E-state index contributed by atoms with van der Waals surface area (Å²) in [6.45, 7) is 1.67. The van der Waals surface area contributed by atoms with Crippen molar-refractivity contribution in [3.8, 4) is 0 Å². The molecule has 1 amide bonds. The third kappa shape index (κ3) is 5.26. The molecule has 11 heteroatoms. The van der Waals surface area contributed by atoms with Gasteiger partial charge in [0.25, 0.3) is 11.6 Å². The highest BCUT2D eigenvalue weighted by atomic mass is 35.5. The Hall–Kier alpha value is -2.69. The van der Waals surface area contributed by atoms with Crippen LogP contribution in [0.5, 0.6) is 0 Å². The maximum Gasteiger partial charge on any atom is 0.269 e. The lowest BCUT2D eigenvalue weighted by Gasteiger charge is -2.35. The highest BCUT2D eigenvalue weighted by Crippen LogP contribution is 2.26. The Morgan fingerprint density at radius 1 is 1.07 bits per heavy atom. The number of rotatable bonds is 7. The number of nitrogens with one attached hydrogen (secondary N) is 1. The normalized spacial score (nSPS) is 15.0. The van der Waals surface area contributed by atoms with Gasteiger partial charge in [0, 0.05) is 50.4 Å². The number of hydrogen-bond acceptors (Lipinski definition) is 6. The minimum absolute atomic E-state index is 0.0527. The van der Waals surface area contributed by atoms with Gasteiger partial charge < -0.3 is 10.2 Å². The van der Waals surface area contributed by atoms with E-state index in [-0.39, 0.29) is 23.5 Å². The van der Waals surface area contributed by atoms with Crippen molar-refractivity contribution >= 4 is 38.9 Å². The zero-order valence-corrected chi connectivity index (χ0v) is 17.6. The van der Waals surface area contributed by atoms with Crippen LogP contribution in [0.15, 0.2) is 48.5 Å². The monoisotopic (exact) mass is 452 g/mol. The molecule has 1 fully saturated rings. The first-order valence-corrected chi connectivity index (χ1v) is 11.3. The average molecular weight is 453 g/mol. The van der Waals surface area contributed by atoms with Crippen molar-refractivity contribution in [1.82, 2.24) is 9.62 Å². The molecule has 0 unspecified atom stereocenters. The third-order valence-corrected chi connectivity index (χ3v) is 7.00. The Kier molecular flexibility index (Phi) is 6.91. The minimum Gasteiger partial charge on any atom is -0.368 e. The summed E-state index contributed by atoms with van der Waals surface area (Å²) in [7, 11) is -3.53. The SMILES string of the molecule is O=C(NCCS(=O)(=O)N1CCN(c2ccccc2Cl)CC1)c1ccc([N+](=O)[O-])cc1. The molecule has 0 aliphatic carbocycles. The Bertz CT molecular complexity index is 1020. The van der Waals surface area contributed by atoms with Crippen molar-refractivity contribution < 1.29 is 18.1 Å². The number of hydrogen-bond donors (Lipinski definition) is 1. The van der Waals surface area contributed by atoms with E-state index in [0.29, 0.717) is 31.2 Å². The number of nitrogens with zero attached hydrogens (tertiary/aromatic N) is 3. The van der Waals surface area contributed by atoms with Gasteiger partial charge in [0.2, 0.25) is 10.0 Å². The highest BCUT2D eigenvalue weighted by molar-refractivity contribution is 7.89. The number of piperazine rings is 1. The van der Waals surface area contributed by atoms with Crippen molar-refractivity contribution in [3.63, 3.8) is 0 Å². The molecule has 9 nitrogen and oxygen atoms in total. The molecular weight excluding hydrogens is 432 g/mol. The highest BCUT2D eigenvalue weighted by Gasteiger charge is 2.27. The lowest BCUT2D eigenvalue weighted by molar-refractivity contribution is -0.384. The zero-order chi connectivity index (χ0) is 21.7. The maximum absolute atomic E-state index is 12.6. The number of non-ortho nitro benzene ring substituents is 1. The fourth-order valence-corrected chi connectivity index (χ4v) is 4.77. The van der Waals surface area contributed by atoms with Gasteiger partial charge in [-0.3, -0.25) is 14.9 Å². The van der Waals surface area contributed by atoms with Crippen molar-refractivity contribution in [1.29, 1.82) is 0 Å². The van der Waals surface area contributed by atoms with Gasteiger partial charge in [-0.15, -0.1) is 0 Å². The molecule has 0 saturated carbocycles.